The molecule has 49 heavy (non-hydrogen) atoms. The number of aromatic nitrogens is 5. The van der Waals surface area contributed by atoms with Crippen molar-refractivity contribution in [1.82, 2.24) is 34.9 Å². The van der Waals surface area contributed by atoms with Gasteiger partial charge < -0.3 is 24.1 Å². The minimum atomic E-state index is -0.504. The van der Waals surface area contributed by atoms with Gasteiger partial charge in [0.15, 0.2) is 5.82 Å². The summed E-state index contributed by atoms with van der Waals surface area (Å²) < 4.78 is 27.9. The number of hydrogen-bond donors (Lipinski definition) is 1. The van der Waals surface area contributed by atoms with E-state index in [4.69, 9.17) is 31.0 Å². The molecule has 0 bridgehead atoms. The second-order valence-electron chi connectivity index (χ2n) is 14.5. The maximum atomic E-state index is 16.6. The van der Waals surface area contributed by atoms with E-state index in [0.717, 1.165) is 81.7 Å². The molecule has 5 fully saturated rings. The number of ether oxygens (including phenoxy) is 2. The SMILES string of the molecule is CN1CCC2CCN(c3nc(OCC45CCCN4CCC5)nc4c(F)c(-c5cc(Cl)cc6[nH]ncc56)ncc34)CC21.O=CCOCC1CC1. The lowest BCUT2D eigenvalue weighted by Crippen LogP contribution is -2.47. The first-order valence-corrected chi connectivity index (χ1v) is 18.1. The van der Waals surface area contributed by atoms with Gasteiger partial charge in [-0.25, -0.2) is 4.39 Å². The van der Waals surface area contributed by atoms with Crippen LogP contribution in [0.5, 0.6) is 6.01 Å². The Morgan fingerprint density at radius 1 is 1.06 bits per heavy atom. The lowest BCUT2D eigenvalue weighted by atomic mass is 9.92. The summed E-state index contributed by atoms with van der Waals surface area (Å²) in [6, 6.07) is 4.19. The molecule has 260 valence electrons. The monoisotopic (exact) mass is 690 g/mol. The number of H-pyrrole nitrogens is 1. The fourth-order valence-corrected chi connectivity index (χ4v) is 8.72. The molecule has 1 N–H and O–H groups in total. The van der Waals surface area contributed by atoms with Crippen LogP contribution < -0.4 is 9.64 Å². The normalized spacial score (nSPS) is 23.4. The summed E-state index contributed by atoms with van der Waals surface area (Å²) in [5.41, 5.74) is 1.75. The molecule has 13 heteroatoms. The Labute approximate surface area is 290 Å². The third-order valence-corrected chi connectivity index (χ3v) is 11.6. The van der Waals surface area contributed by atoms with Gasteiger partial charge in [0.05, 0.1) is 22.6 Å². The molecule has 2 unspecified atom stereocenters. The topological polar surface area (TPSA) is 113 Å². The highest BCUT2D eigenvalue weighted by Crippen LogP contribution is 2.41. The number of likely N-dealkylation sites (tertiary alicyclic amines) is 1. The van der Waals surface area contributed by atoms with Crippen LogP contribution in [0, 0.1) is 17.7 Å². The Balaban J connectivity index is 0.000000385. The number of nitrogens with zero attached hydrogens (tertiary/aromatic N) is 7. The zero-order valence-electron chi connectivity index (χ0n) is 28.0. The molecule has 5 aliphatic rings. The third kappa shape index (κ3) is 6.48. The predicted octanol–water partition coefficient (Wildman–Crippen LogP) is 5.51. The molecule has 4 aromatic rings. The summed E-state index contributed by atoms with van der Waals surface area (Å²) in [6.07, 6.45) is 13.7. The van der Waals surface area contributed by atoms with Crippen LogP contribution >= 0.6 is 11.6 Å². The number of aldehydes is 1. The van der Waals surface area contributed by atoms with Crippen molar-refractivity contribution in [1.29, 1.82) is 0 Å². The number of benzene rings is 1. The quantitative estimate of drug-likeness (QED) is 0.178. The Bertz CT molecular complexity index is 1830. The smallest absolute Gasteiger partial charge is 0.319 e. The van der Waals surface area contributed by atoms with Gasteiger partial charge in [0.1, 0.15) is 36.5 Å². The highest BCUT2D eigenvalue weighted by atomic mass is 35.5. The van der Waals surface area contributed by atoms with Crippen LogP contribution in [0.2, 0.25) is 5.02 Å². The molecule has 4 aliphatic heterocycles. The second kappa shape index (κ2) is 13.7. The van der Waals surface area contributed by atoms with Crippen LogP contribution in [0.25, 0.3) is 33.1 Å². The van der Waals surface area contributed by atoms with E-state index in [0.29, 0.717) is 40.4 Å². The number of carbonyl (C=O) groups is 1. The number of piperidine rings is 1. The average Bonchev–Trinajstić information content (AvgIpc) is 3.40. The number of fused-ring (bicyclic) bond motifs is 4. The Morgan fingerprint density at radius 3 is 2.67 bits per heavy atom. The summed E-state index contributed by atoms with van der Waals surface area (Å²) >= 11 is 6.40. The third-order valence-electron chi connectivity index (χ3n) is 11.4. The van der Waals surface area contributed by atoms with Gasteiger partial charge in [0, 0.05) is 47.9 Å². The number of halogens is 2. The minimum Gasteiger partial charge on any atom is -0.461 e. The summed E-state index contributed by atoms with van der Waals surface area (Å²) in [5, 5.41) is 8.89. The number of carbonyl (C=O) groups excluding carboxylic acids is 1. The first-order valence-electron chi connectivity index (χ1n) is 17.8. The van der Waals surface area contributed by atoms with Crippen molar-refractivity contribution in [3.8, 4) is 17.3 Å². The maximum absolute atomic E-state index is 16.6. The van der Waals surface area contributed by atoms with E-state index < -0.39 is 5.82 Å². The van der Waals surface area contributed by atoms with E-state index in [1.807, 2.05) is 0 Å². The van der Waals surface area contributed by atoms with E-state index in [1.54, 1.807) is 24.5 Å². The molecule has 1 aliphatic carbocycles. The van der Waals surface area contributed by atoms with E-state index in [-0.39, 0.29) is 29.4 Å². The fourth-order valence-electron chi connectivity index (χ4n) is 8.50. The molecule has 11 nitrogen and oxygen atoms in total. The van der Waals surface area contributed by atoms with E-state index in [9.17, 15) is 4.79 Å². The maximum Gasteiger partial charge on any atom is 0.319 e. The molecule has 4 saturated heterocycles. The minimum absolute atomic E-state index is 0.0407. The molecule has 9 rings (SSSR count). The number of likely N-dealkylation sites (N-methyl/N-ethyl adjacent to an activating group) is 1. The number of anilines is 1. The summed E-state index contributed by atoms with van der Waals surface area (Å²) in [7, 11) is 2.20. The molecule has 7 heterocycles. The van der Waals surface area contributed by atoms with Crippen LogP contribution in [-0.2, 0) is 9.53 Å². The predicted molar refractivity (Wildman–Crippen MR) is 187 cm³/mol. The Kier molecular flexibility index (Phi) is 9.15. The standard InChI is InChI=1S/C30H34ClFN8O.C6H10O2/c1-38-10-4-18-5-11-39(16-24(18)38)28-22-14-33-26(20-12-19(31)13-23-21(20)15-34-37-23)25(32)27(22)35-29(36-28)41-17-30-6-2-8-40(30)9-3-7-30;7-3-4-8-5-6-1-2-6/h12-15,18,24H,2-11,16-17H2,1H3,(H,34,37);3,6H,1-2,4-5H2. The molecule has 0 amide bonds. The molecular weight excluding hydrogens is 647 g/mol. The lowest BCUT2D eigenvalue weighted by molar-refractivity contribution is -0.111. The molecule has 1 aromatic carbocycles. The summed E-state index contributed by atoms with van der Waals surface area (Å²) in [6.45, 7) is 6.64. The van der Waals surface area contributed by atoms with Gasteiger partial charge >= 0.3 is 6.01 Å². The molecule has 3 aromatic heterocycles. The van der Waals surface area contributed by atoms with Gasteiger partial charge in [-0.3, -0.25) is 15.0 Å². The van der Waals surface area contributed by atoms with Crippen molar-refractivity contribution >= 4 is 45.5 Å². The summed E-state index contributed by atoms with van der Waals surface area (Å²) in [4.78, 5) is 31.2. The number of aromatic amines is 1. The van der Waals surface area contributed by atoms with Crippen molar-refractivity contribution in [3.05, 3.63) is 35.4 Å². The highest BCUT2D eigenvalue weighted by Gasteiger charge is 2.45. The van der Waals surface area contributed by atoms with Gasteiger partial charge in [-0.1, -0.05) is 11.6 Å². The zero-order chi connectivity index (χ0) is 33.5. The van der Waals surface area contributed by atoms with Crippen molar-refractivity contribution < 1.29 is 18.7 Å². The van der Waals surface area contributed by atoms with Gasteiger partial charge in [-0.2, -0.15) is 15.1 Å². The second-order valence-corrected chi connectivity index (χ2v) is 14.9. The van der Waals surface area contributed by atoms with Crippen molar-refractivity contribution in [2.45, 2.75) is 62.9 Å². The molecule has 1 saturated carbocycles. The highest BCUT2D eigenvalue weighted by molar-refractivity contribution is 6.31. The van der Waals surface area contributed by atoms with Gasteiger partial charge in [-0.05, 0) is 102 Å². The first kappa shape index (κ1) is 32.7. The van der Waals surface area contributed by atoms with Gasteiger partial charge in [0.25, 0.3) is 0 Å². The zero-order valence-corrected chi connectivity index (χ0v) is 28.8. The number of nitrogens with one attached hydrogen (secondary N) is 1. The molecule has 0 radical (unpaired) electrons. The molecule has 2 atom stereocenters. The van der Waals surface area contributed by atoms with Crippen molar-refractivity contribution in [2.75, 3.05) is 64.5 Å². The molecule has 0 spiro atoms. The van der Waals surface area contributed by atoms with Crippen LogP contribution in [0.3, 0.4) is 0 Å². The Morgan fingerprint density at radius 2 is 1.88 bits per heavy atom. The number of rotatable bonds is 9. The molecular formula is C36H44ClFN8O3. The van der Waals surface area contributed by atoms with E-state index in [1.165, 1.54) is 32.1 Å². The van der Waals surface area contributed by atoms with Crippen LogP contribution in [0.1, 0.15) is 51.4 Å². The largest absolute Gasteiger partial charge is 0.461 e. The van der Waals surface area contributed by atoms with Crippen LogP contribution in [-0.4, -0.2) is 112 Å². The number of pyridine rings is 1. The van der Waals surface area contributed by atoms with Gasteiger partial charge in [0.2, 0.25) is 0 Å². The van der Waals surface area contributed by atoms with E-state index in [2.05, 4.69) is 36.9 Å². The van der Waals surface area contributed by atoms with E-state index >= 15 is 4.39 Å². The van der Waals surface area contributed by atoms with Crippen molar-refractivity contribution in [2.24, 2.45) is 11.8 Å². The van der Waals surface area contributed by atoms with Crippen LogP contribution in [0.15, 0.2) is 24.5 Å². The van der Waals surface area contributed by atoms with Gasteiger partial charge in [-0.15, -0.1) is 0 Å². The fraction of sp³-hybridized carbons (Fsp3) is 0.583. The van der Waals surface area contributed by atoms with Crippen molar-refractivity contribution in [3.63, 3.8) is 0 Å². The Hall–Kier alpha value is -3.45. The number of hydrogen-bond acceptors (Lipinski definition) is 10. The van der Waals surface area contributed by atoms with Crippen LogP contribution in [0.4, 0.5) is 10.2 Å². The first-order chi connectivity index (χ1) is 23.9. The lowest BCUT2D eigenvalue weighted by Gasteiger charge is -2.38. The summed E-state index contributed by atoms with van der Waals surface area (Å²) in [5.74, 6) is 1.66. The average molecular weight is 691 g/mol.